The van der Waals surface area contributed by atoms with Gasteiger partial charge in [0.2, 0.25) is 0 Å². The fourth-order valence-corrected chi connectivity index (χ4v) is 3.26. The van der Waals surface area contributed by atoms with E-state index in [4.69, 9.17) is 15.2 Å². The molecule has 1 aromatic rings. The molecule has 110 valence electrons. The molecule has 1 saturated heterocycles. The molecule has 3 nitrogen and oxygen atoms in total. The first kappa shape index (κ1) is 13.9. The third-order valence-electron chi connectivity index (χ3n) is 4.34. The highest BCUT2D eigenvalue weighted by Crippen LogP contribution is 2.36. The maximum Gasteiger partial charge on any atom is 0.123 e. The first-order valence-electron chi connectivity index (χ1n) is 7.72. The largest absolute Gasteiger partial charge is 0.487 e. The summed E-state index contributed by atoms with van der Waals surface area (Å²) in [5.41, 5.74) is 8.77. The quantitative estimate of drug-likeness (QED) is 0.916. The first-order valence-corrected chi connectivity index (χ1v) is 7.72. The number of benzene rings is 1. The molecule has 0 spiro atoms. The maximum absolute atomic E-state index is 6.34. The number of nitrogens with two attached hydrogens (primary N) is 1. The molecule has 20 heavy (non-hydrogen) atoms. The van der Waals surface area contributed by atoms with Crippen molar-refractivity contribution >= 4 is 0 Å². The molecule has 2 unspecified atom stereocenters. The molecule has 2 atom stereocenters. The van der Waals surface area contributed by atoms with E-state index >= 15 is 0 Å². The summed E-state index contributed by atoms with van der Waals surface area (Å²) in [6, 6.07) is 6.52. The van der Waals surface area contributed by atoms with Crippen molar-refractivity contribution in [2.24, 2.45) is 5.73 Å². The van der Waals surface area contributed by atoms with Crippen LogP contribution in [0.4, 0.5) is 0 Å². The summed E-state index contributed by atoms with van der Waals surface area (Å²) in [5, 5.41) is 0. The minimum absolute atomic E-state index is 0.0806. The normalized spacial score (nSPS) is 25.2. The van der Waals surface area contributed by atoms with E-state index in [2.05, 4.69) is 32.0 Å². The van der Waals surface area contributed by atoms with Crippen molar-refractivity contribution < 1.29 is 9.47 Å². The molecule has 2 N–H and O–H groups in total. The molecule has 2 aliphatic heterocycles. The van der Waals surface area contributed by atoms with Crippen molar-refractivity contribution in [3.8, 4) is 5.75 Å². The van der Waals surface area contributed by atoms with Gasteiger partial charge in [-0.3, -0.25) is 0 Å². The highest BCUT2D eigenvalue weighted by Gasteiger charge is 2.30. The van der Waals surface area contributed by atoms with Crippen LogP contribution in [0.1, 0.15) is 56.7 Å². The molecule has 2 heterocycles. The van der Waals surface area contributed by atoms with Crippen molar-refractivity contribution in [2.75, 3.05) is 6.61 Å². The molecule has 3 heteroatoms. The Bertz CT molecular complexity index is 478. The monoisotopic (exact) mass is 275 g/mol. The first-order chi connectivity index (χ1) is 9.53. The lowest BCUT2D eigenvalue weighted by Crippen LogP contribution is -2.24. The van der Waals surface area contributed by atoms with Gasteiger partial charge in [0, 0.05) is 19.1 Å². The van der Waals surface area contributed by atoms with E-state index in [-0.39, 0.29) is 11.6 Å². The zero-order chi connectivity index (χ0) is 14.2. The van der Waals surface area contributed by atoms with Crippen LogP contribution in [0.15, 0.2) is 18.2 Å². The van der Waals surface area contributed by atoms with Crippen LogP contribution in [-0.4, -0.2) is 18.3 Å². The van der Waals surface area contributed by atoms with Gasteiger partial charge in [-0.05, 0) is 56.7 Å². The maximum atomic E-state index is 6.34. The summed E-state index contributed by atoms with van der Waals surface area (Å²) in [4.78, 5) is 0. The predicted octanol–water partition coefficient (Wildman–Crippen LogP) is 3.36. The molecular formula is C17H25NO2. The fourth-order valence-electron chi connectivity index (χ4n) is 3.26. The minimum atomic E-state index is -0.0806. The molecule has 0 radical (unpaired) electrons. The summed E-state index contributed by atoms with van der Waals surface area (Å²) in [6.45, 7) is 5.18. The lowest BCUT2D eigenvalue weighted by Gasteiger charge is -2.16. The van der Waals surface area contributed by atoms with Crippen molar-refractivity contribution in [3.05, 3.63) is 29.3 Å². The van der Waals surface area contributed by atoms with Gasteiger partial charge in [0.1, 0.15) is 11.4 Å². The Balaban J connectivity index is 1.62. The second-order valence-corrected chi connectivity index (χ2v) is 6.72. The molecule has 0 saturated carbocycles. The predicted molar refractivity (Wildman–Crippen MR) is 80.0 cm³/mol. The van der Waals surface area contributed by atoms with Gasteiger partial charge in [-0.25, -0.2) is 0 Å². The van der Waals surface area contributed by atoms with Gasteiger partial charge in [0.05, 0.1) is 6.10 Å². The van der Waals surface area contributed by atoms with Gasteiger partial charge >= 0.3 is 0 Å². The van der Waals surface area contributed by atoms with Crippen LogP contribution in [0.3, 0.4) is 0 Å². The second kappa shape index (κ2) is 5.38. The smallest absolute Gasteiger partial charge is 0.123 e. The number of fused-ring (bicyclic) bond motifs is 1. The van der Waals surface area contributed by atoms with Crippen LogP contribution in [0.25, 0.3) is 0 Å². The zero-order valence-corrected chi connectivity index (χ0v) is 12.5. The standard InChI is InChI=1S/C17H25NO2/c1-17(2)11-13-10-12(5-8-16(13)20-17)15(18)7-6-14-4-3-9-19-14/h5,8,10,14-15H,3-4,6-7,9,11,18H2,1-2H3. The average molecular weight is 275 g/mol. The highest BCUT2D eigenvalue weighted by molar-refractivity contribution is 5.42. The molecular weight excluding hydrogens is 250 g/mol. The summed E-state index contributed by atoms with van der Waals surface area (Å²) in [6.07, 6.45) is 5.85. The van der Waals surface area contributed by atoms with Crippen LogP contribution in [0, 0.1) is 0 Å². The molecule has 0 aromatic heterocycles. The summed E-state index contributed by atoms with van der Waals surface area (Å²) >= 11 is 0. The Labute approximate surface area is 121 Å². The van der Waals surface area contributed by atoms with Crippen LogP contribution in [-0.2, 0) is 11.2 Å². The van der Waals surface area contributed by atoms with E-state index in [1.165, 1.54) is 24.0 Å². The Hall–Kier alpha value is -1.06. The third kappa shape index (κ3) is 2.99. The number of hydrogen-bond acceptors (Lipinski definition) is 3. The number of rotatable bonds is 4. The van der Waals surface area contributed by atoms with Crippen LogP contribution >= 0.6 is 0 Å². The van der Waals surface area contributed by atoms with Crippen molar-refractivity contribution in [1.29, 1.82) is 0 Å². The number of hydrogen-bond donors (Lipinski definition) is 1. The van der Waals surface area contributed by atoms with Crippen molar-refractivity contribution in [1.82, 2.24) is 0 Å². The Morgan fingerprint density at radius 2 is 2.25 bits per heavy atom. The van der Waals surface area contributed by atoms with Crippen LogP contribution < -0.4 is 10.5 Å². The Morgan fingerprint density at radius 1 is 1.40 bits per heavy atom. The SMILES string of the molecule is CC1(C)Cc2cc(C(N)CCC3CCCO3)ccc2O1. The summed E-state index contributed by atoms with van der Waals surface area (Å²) in [5.74, 6) is 1.02. The van der Waals surface area contributed by atoms with Gasteiger partial charge in [-0.1, -0.05) is 12.1 Å². The van der Waals surface area contributed by atoms with Crippen molar-refractivity contribution in [3.63, 3.8) is 0 Å². The fraction of sp³-hybridized carbons (Fsp3) is 0.647. The van der Waals surface area contributed by atoms with Crippen LogP contribution in [0.2, 0.25) is 0 Å². The molecule has 0 bridgehead atoms. The molecule has 0 aliphatic carbocycles. The average Bonchev–Trinajstić information content (AvgIpc) is 2.99. The molecule has 0 amide bonds. The van der Waals surface area contributed by atoms with E-state index < -0.39 is 0 Å². The molecule has 1 fully saturated rings. The molecule has 2 aliphatic rings. The van der Waals surface area contributed by atoms with E-state index in [0.29, 0.717) is 6.10 Å². The van der Waals surface area contributed by atoms with E-state index in [0.717, 1.165) is 31.6 Å². The van der Waals surface area contributed by atoms with Crippen LogP contribution in [0.5, 0.6) is 5.75 Å². The van der Waals surface area contributed by atoms with Gasteiger partial charge in [0.25, 0.3) is 0 Å². The summed E-state index contributed by atoms with van der Waals surface area (Å²) in [7, 11) is 0. The lowest BCUT2D eigenvalue weighted by molar-refractivity contribution is 0.101. The van der Waals surface area contributed by atoms with Gasteiger partial charge in [0.15, 0.2) is 0 Å². The Kier molecular flexibility index (Phi) is 3.74. The highest BCUT2D eigenvalue weighted by atomic mass is 16.5. The molecule has 3 rings (SSSR count). The van der Waals surface area contributed by atoms with E-state index in [1.54, 1.807) is 0 Å². The van der Waals surface area contributed by atoms with Gasteiger partial charge < -0.3 is 15.2 Å². The number of ether oxygens (including phenoxy) is 2. The van der Waals surface area contributed by atoms with E-state index in [1.807, 2.05) is 0 Å². The van der Waals surface area contributed by atoms with Gasteiger partial charge in [-0.15, -0.1) is 0 Å². The topological polar surface area (TPSA) is 44.5 Å². The second-order valence-electron chi connectivity index (χ2n) is 6.72. The van der Waals surface area contributed by atoms with Gasteiger partial charge in [-0.2, -0.15) is 0 Å². The Morgan fingerprint density at radius 3 is 3.00 bits per heavy atom. The third-order valence-corrected chi connectivity index (χ3v) is 4.34. The summed E-state index contributed by atoms with van der Waals surface area (Å²) < 4.78 is 11.6. The van der Waals surface area contributed by atoms with E-state index in [9.17, 15) is 0 Å². The lowest BCUT2D eigenvalue weighted by atomic mass is 9.95. The molecule has 1 aromatic carbocycles. The van der Waals surface area contributed by atoms with Crippen molar-refractivity contribution in [2.45, 2.75) is 63.7 Å². The zero-order valence-electron chi connectivity index (χ0n) is 12.5. The minimum Gasteiger partial charge on any atom is -0.487 e.